The van der Waals surface area contributed by atoms with Gasteiger partial charge in [-0.05, 0) is 44.1 Å². The average molecular weight is 361 g/mol. The number of carbonyl (C=O) groups excluding carboxylic acids is 3. The van der Waals surface area contributed by atoms with Gasteiger partial charge in [-0.25, -0.2) is 0 Å². The Hall–Kier alpha value is -2.01. The number of hydrogen-bond donors (Lipinski definition) is 1. The lowest BCUT2D eigenvalue weighted by Crippen LogP contribution is -2.38. The fourth-order valence-corrected chi connectivity index (χ4v) is 3.11. The topological polar surface area (TPSA) is 72.5 Å². The minimum atomic E-state index is -0.229. The molecule has 0 aromatic heterocycles. The zero-order chi connectivity index (χ0) is 19.5. The van der Waals surface area contributed by atoms with Crippen LogP contribution in [0.15, 0.2) is 36.5 Å². The molecule has 26 heavy (non-hydrogen) atoms. The van der Waals surface area contributed by atoms with Gasteiger partial charge in [0.2, 0.25) is 11.8 Å². The molecule has 1 N–H and O–H groups in total. The van der Waals surface area contributed by atoms with E-state index in [0.29, 0.717) is 31.6 Å². The van der Waals surface area contributed by atoms with E-state index in [4.69, 9.17) is 4.74 Å². The van der Waals surface area contributed by atoms with Crippen LogP contribution in [0.1, 0.15) is 52.4 Å². The highest BCUT2D eigenvalue weighted by Gasteiger charge is 2.23. The van der Waals surface area contributed by atoms with E-state index in [2.05, 4.69) is 24.9 Å². The van der Waals surface area contributed by atoms with E-state index in [0.717, 1.165) is 12.8 Å². The van der Waals surface area contributed by atoms with Gasteiger partial charge in [-0.2, -0.15) is 0 Å². The molecule has 0 aromatic carbocycles. The molecular weight excluding hydrogens is 330 g/mol. The molecule has 0 aliphatic carbocycles. The normalized spacial score (nSPS) is 18.7. The van der Waals surface area contributed by atoms with Gasteiger partial charge in [-0.1, -0.05) is 30.7 Å². The first-order chi connectivity index (χ1) is 12.3. The number of hydrogen-bond acceptors (Lipinski definition) is 4. The fourth-order valence-electron chi connectivity index (χ4n) is 3.11. The van der Waals surface area contributed by atoms with Crippen LogP contribution in [0.5, 0.6) is 0 Å². The van der Waals surface area contributed by atoms with Crippen LogP contribution in [-0.2, 0) is 19.1 Å². The summed E-state index contributed by atoms with van der Waals surface area (Å²) in [6.07, 6.45) is 10.7. The highest BCUT2D eigenvalue weighted by molar-refractivity contribution is 5.97. The van der Waals surface area contributed by atoms with Crippen LogP contribution >= 0.6 is 0 Å². The van der Waals surface area contributed by atoms with Gasteiger partial charge in [0.1, 0.15) is 0 Å². The van der Waals surface area contributed by atoms with Crippen LogP contribution in [0.2, 0.25) is 0 Å². The summed E-state index contributed by atoms with van der Waals surface area (Å²) >= 11 is 0. The monoisotopic (exact) mass is 361 g/mol. The Morgan fingerprint density at radius 3 is 2.54 bits per heavy atom. The van der Waals surface area contributed by atoms with Crippen LogP contribution < -0.4 is 5.32 Å². The molecule has 0 radical (unpaired) electrons. The highest BCUT2D eigenvalue weighted by atomic mass is 16.5. The number of nitrogens with one attached hydrogen (secondary N) is 1. The molecule has 144 valence electrons. The Labute approximate surface area is 156 Å². The van der Waals surface area contributed by atoms with Gasteiger partial charge in [0.15, 0.2) is 5.78 Å². The summed E-state index contributed by atoms with van der Waals surface area (Å²) in [7, 11) is 1.68. The lowest BCUT2D eigenvalue weighted by atomic mass is 9.93. The third kappa shape index (κ3) is 8.90. The molecule has 2 atom stereocenters. The van der Waals surface area contributed by atoms with Crippen molar-refractivity contribution in [3.8, 4) is 0 Å². The number of ether oxygens (including phenoxy) is 1. The molecule has 1 rings (SSSR count). The van der Waals surface area contributed by atoms with Crippen molar-refractivity contribution in [2.45, 2.75) is 58.5 Å². The second-order valence-electron chi connectivity index (χ2n) is 7.09. The zero-order valence-electron chi connectivity index (χ0n) is 16.1. The minimum Gasteiger partial charge on any atom is -0.377 e. The highest BCUT2D eigenvalue weighted by Crippen LogP contribution is 2.18. The van der Waals surface area contributed by atoms with E-state index in [1.165, 1.54) is 5.57 Å². The smallest absolute Gasteiger partial charge is 0.226 e. The van der Waals surface area contributed by atoms with E-state index >= 15 is 0 Å². The summed E-state index contributed by atoms with van der Waals surface area (Å²) in [5.41, 5.74) is 1.19. The number of carbonyl (C=O) groups is 3. The predicted molar refractivity (Wildman–Crippen MR) is 102 cm³/mol. The predicted octanol–water partition coefficient (Wildman–Crippen LogP) is 3.51. The van der Waals surface area contributed by atoms with Crippen molar-refractivity contribution in [1.29, 1.82) is 0 Å². The van der Waals surface area contributed by atoms with Gasteiger partial charge >= 0.3 is 0 Å². The zero-order valence-corrected chi connectivity index (χ0v) is 16.1. The average Bonchev–Trinajstić information content (AvgIpc) is 2.57. The Morgan fingerprint density at radius 1 is 1.31 bits per heavy atom. The van der Waals surface area contributed by atoms with Gasteiger partial charge < -0.3 is 4.74 Å². The van der Waals surface area contributed by atoms with Crippen molar-refractivity contribution in [2.75, 3.05) is 7.11 Å². The molecule has 1 saturated heterocycles. The second kappa shape index (κ2) is 11.6. The Morgan fingerprint density at radius 2 is 1.96 bits per heavy atom. The fraction of sp³-hybridized carbons (Fsp3) is 0.571. The van der Waals surface area contributed by atoms with Crippen molar-refractivity contribution < 1.29 is 19.1 Å². The molecule has 5 heteroatoms. The maximum atomic E-state index is 12.0. The lowest BCUT2D eigenvalue weighted by molar-refractivity contribution is -0.134. The van der Waals surface area contributed by atoms with Crippen LogP contribution in [0.4, 0.5) is 0 Å². The van der Waals surface area contributed by atoms with Crippen molar-refractivity contribution in [2.24, 2.45) is 11.8 Å². The molecule has 5 nitrogen and oxygen atoms in total. The molecular formula is C21H31NO4. The van der Waals surface area contributed by atoms with Crippen LogP contribution in [0.25, 0.3) is 0 Å². The Balaban J connectivity index is 2.34. The number of ketones is 1. The van der Waals surface area contributed by atoms with Gasteiger partial charge in [0.05, 0.1) is 6.10 Å². The van der Waals surface area contributed by atoms with Crippen LogP contribution in [0, 0.1) is 11.8 Å². The van der Waals surface area contributed by atoms with E-state index in [1.807, 2.05) is 6.92 Å². The number of methoxy groups -OCH3 is 1. The SMILES string of the molecule is C=CC(CC(C)/C=C(/C)CCC(=O)/C=C/CC1CC(=O)NC(=O)C1)OC. The molecule has 1 heterocycles. The van der Waals surface area contributed by atoms with Crippen molar-refractivity contribution >= 4 is 17.6 Å². The molecule has 1 fully saturated rings. The maximum Gasteiger partial charge on any atom is 0.226 e. The number of imide groups is 1. The number of amides is 2. The first-order valence-corrected chi connectivity index (χ1v) is 9.18. The number of allylic oxidation sites excluding steroid dienone is 4. The van der Waals surface area contributed by atoms with E-state index in [-0.39, 0.29) is 29.6 Å². The van der Waals surface area contributed by atoms with Gasteiger partial charge in [-0.15, -0.1) is 6.58 Å². The lowest BCUT2D eigenvalue weighted by Gasteiger charge is -2.19. The molecule has 2 amide bonds. The van der Waals surface area contributed by atoms with Crippen LogP contribution in [0.3, 0.4) is 0 Å². The summed E-state index contributed by atoms with van der Waals surface area (Å²) < 4.78 is 5.30. The third-order valence-electron chi connectivity index (χ3n) is 4.50. The van der Waals surface area contributed by atoms with Crippen molar-refractivity contribution in [3.63, 3.8) is 0 Å². The van der Waals surface area contributed by atoms with Gasteiger partial charge in [0.25, 0.3) is 0 Å². The second-order valence-corrected chi connectivity index (χ2v) is 7.09. The maximum absolute atomic E-state index is 12.0. The first kappa shape index (κ1) is 22.0. The summed E-state index contributed by atoms with van der Waals surface area (Å²) in [5.74, 6) is -0.0288. The summed E-state index contributed by atoms with van der Waals surface area (Å²) in [6, 6.07) is 0. The molecule has 0 aromatic rings. The summed E-state index contributed by atoms with van der Waals surface area (Å²) in [6.45, 7) is 7.92. The Bertz CT molecular complexity index is 561. The molecule has 0 bridgehead atoms. The number of rotatable bonds is 11. The quantitative estimate of drug-likeness (QED) is 0.347. The summed E-state index contributed by atoms with van der Waals surface area (Å²) in [4.78, 5) is 34.6. The molecule has 0 saturated carbocycles. The van der Waals surface area contributed by atoms with Crippen LogP contribution in [-0.4, -0.2) is 30.8 Å². The van der Waals surface area contributed by atoms with E-state index in [1.54, 1.807) is 25.3 Å². The molecule has 1 aliphatic heterocycles. The van der Waals surface area contributed by atoms with Gasteiger partial charge in [-0.3, -0.25) is 19.7 Å². The minimum absolute atomic E-state index is 0.00127. The third-order valence-corrected chi connectivity index (χ3v) is 4.50. The van der Waals surface area contributed by atoms with Crippen molar-refractivity contribution in [3.05, 3.63) is 36.5 Å². The van der Waals surface area contributed by atoms with Gasteiger partial charge in [0, 0.05) is 26.4 Å². The van der Waals surface area contributed by atoms with E-state index < -0.39 is 0 Å². The molecule has 2 unspecified atom stereocenters. The first-order valence-electron chi connectivity index (χ1n) is 9.18. The largest absolute Gasteiger partial charge is 0.377 e. The van der Waals surface area contributed by atoms with Crippen molar-refractivity contribution in [1.82, 2.24) is 5.32 Å². The molecule has 0 spiro atoms. The molecule has 1 aliphatic rings. The number of piperidine rings is 1. The Kier molecular flexibility index (Phi) is 9.81. The summed E-state index contributed by atoms with van der Waals surface area (Å²) in [5, 5.41) is 2.29. The standard InChI is InChI=1S/C21H31NO4/c1-5-19(26-4)12-16(3)11-15(2)9-10-18(23)8-6-7-17-13-20(24)22-21(25)14-17/h5-6,8,11,16-17,19H,1,7,9-10,12-14H2,2-4H3,(H,22,24,25)/b8-6+,15-11-. The van der Waals surface area contributed by atoms with E-state index in [9.17, 15) is 14.4 Å².